The van der Waals surface area contributed by atoms with E-state index >= 15 is 0 Å². The summed E-state index contributed by atoms with van der Waals surface area (Å²) >= 11 is 0. The normalized spacial score (nSPS) is 11.0. The van der Waals surface area contributed by atoms with Gasteiger partial charge in [0, 0.05) is 11.9 Å². The highest BCUT2D eigenvalue weighted by atomic mass is 16.4. The Kier molecular flexibility index (Phi) is 3.26. The molecule has 21 heavy (non-hydrogen) atoms. The lowest BCUT2D eigenvalue weighted by atomic mass is 10.1. The van der Waals surface area contributed by atoms with Crippen LogP contribution in [0.3, 0.4) is 0 Å². The number of fused-ring (bicyclic) bond motifs is 1. The maximum absolute atomic E-state index is 11.7. The molecule has 2 aromatic carbocycles. The molecule has 0 saturated carbocycles. The van der Waals surface area contributed by atoms with Crippen molar-refractivity contribution in [3.63, 3.8) is 0 Å². The number of aryl methyl sites for hydroxylation is 2. The third kappa shape index (κ3) is 2.21. The lowest BCUT2D eigenvalue weighted by Crippen LogP contribution is -2.11. The molecule has 0 fully saturated rings. The molecule has 1 heterocycles. The number of para-hydroxylation sites is 1. The van der Waals surface area contributed by atoms with Crippen LogP contribution in [0.1, 0.15) is 27.2 Å². The topological polar surface area (TPSA) is 42.2 Å². The Morgan fingerprint density at radius 3 is 2.43 bits per heavy atom. The van der Waals surface area contributed by atoms with Gasteiger partial charge in [-0.1, -0.05) is 48.5 Å². The summed E-state index contributed by atoms with van der Waals surface area (Å²) in [5.74, 6) is -0.876. The second kappa shape index (κ2) is 5.09. The van der Waals surface area contributed by atoms with Gasteiger partial charge in [-0.3, -0.25) is 0 Å². The van der Waals surface area contributed by atoms with E-state index in [0.717, 1.165) is 27.6 Å². The van der Waals surface area contributed by atoms with Crippen LogP contribution < -0.4 is 0 Å². The lowest BCUT2D eigenvalue weighted by Gasteiger charge is -2.10. The summed E-state index contributed by atoms with van der Waals surface area (Å²) in [5.41, 5.74) is 4.41. The molecule has 0 atom stereocenters. The molecule has 0 saturated heterocycles. The van der Waals surface area contributed by atoms with E-state index in [1.54, 1.807) is 0 Å². The molecule has 1 aromatic heterocycles. The molecule has 0 radical (unpaired) electrons. The quantitative estimate of drug-likeness (QED) is 0.787. The van der Waals surface area contributed by atoms with E-state index in [1.165, 1.54) is 0 Å². The SMILES string of the molecule is Cc1c(C(=O)O)n(Cc2ccccc2)c2c(C)cccc12. The molecule has 0 aliphatic carbocycles. The maximum Gasteiger partial charge on any atom is 0.352 e. The third-order valence-corrected chi connectivity index (χ3v) is 3.92. The molecule has 106 valence electrons. The number of carboxylic acids is 1. The van der Waals surface area contributed by atoms with Crippen molar-refractivity contribution in [3.05, 3.63) is 70.9 Å². The number of hydrogen-bond donors (Lipinski definition) is 1. The second-order valence-electron chi connectivity index (χ2n) is 5.32. The maximum atomic E-state index is 11.7. The van der Waals surface area contributed by atoms with Crippen molar-refractivity contribution in [1.82, 2.24) is 4.57 Å². The summed E-state index contributed by atoms with van der Waals surface area (Å²) in [5, 5.41) is 10.6. The Labute approximate surface area is 123 Å². The van der Waals surface area contributed by atoms with Gasteiger partial charge in [0.15, 0.2) is 0 Å². The average molecular weight is 279 g/mol. The first-order chi connectivity index (χ1) is 10.1. The highest BCUT2D eigenvalue weighted by Gasteiger charge is 2.20. The van der Waals surface area contributed by atoms with Gasteiger partial charge in [-0.2, -0.15) is 0 Å². The van der Waals surface area contributed by atoms with Gasteiger partial charge in [0.05, 0.1) is 5.52 Å². The van der Waals surface area contributed by atoms with Crippen molar-refractivity contribution in [1.29, 1.82) is 0 Å². The molecule has 1 N–H and O–H groups in total. The zero-order valence-corrected chi connectivity index (χ0v) is 12.1. The van der Waals surface area contributed by atoms with E-state index in [2.05, 4.69) is 0 Å². The standard InChI is InChI=1S/C18H17NO2/c1-12-7-6-10-15-13(2)17(18(20)21)19(16(12)15)11-14-8-4-3-5-9-14/h3-10H,11H2,1-2H3,(H,20,21). The van der Waals surface area contributed by atoms with Gasteiger partial charge in [0.25, 0.3) is 0 Å². The molecule has 0 amide bonds. The summed E-state index contributed by atoms with van der Waals surface area (Å²) in [6.07, 6.45) is 0. The van der Waals surface area contributed by atoms with Gasteiger partial charge in [0.1, 0.15) is 5.69 Å². The predicted octanol–water partition coefficient (Wildman–Crippen LogP) is 4.00. The Bertz CT molecular complexity index is 816. The van der Waals surface area contributed by atoms with Crippen LogP contribution in [0.25, 0.3) is 10.9 Å². The number of aromatic nitrogens is 1. The first-order valence-electron chi connectivity index (χ1n) is 6.95. The van der Waals surface area contributed by atoms with Crippen molar-refractivity contribution in [3.8, 4) is 0 Å². The molecular weight excluding hydrogens is 262 g/mol. The van der Waals surface area contributed by atoms with Crippen LogP contribution in [-0.4, -0.2) is 15.6 Å². The van der Waals surface area contributed by atoms with E-state index in [0.29, 0.717) is 12.2 Å². The van der Waals surface area contributed by atoms with Crippen molar-refractivity contribution < 1.29 is 9.90 Å². The summed E-state index contributed by atoms with van der Waals surface area (Å²) in [4.78, 5) is 11.7. The van der Waals surface area contributed by atoms with Crippen LogP contribution in [0.5, 0.6) is 0 Å². The van der Waals surface area contributed by atoms with Gasteiger partial charge in [-0.25, -0.2) is 4.79 Å². The molecule has 0 spiro atoms. The van der Waals surface area contributed by atoms with E-state index in [1.807, 2.05) is 66.9 Å². The Balaban J connectivity index is 2.29. The first-order valence-corrected chi connectivity index (χ1v) is 6.95. The van der Waals surface area contributed by atoms with E-state index in [-0.39, 0.29) is 0 Å². The Morgan fingerprint density at radius 1 is 1.05 bits per heavy atom. The smallest absolute Gasteiger partial charge is 0.352 e. The Morgan fingerprint density at radius 2 is 1.76 bits per heavy atom. The first kappa shape index (κ1) is 13.4. The number of hydrogen-bond acceptors (Lipinski definition) is 1. The Hall–Kier alpha value is -2.55. The van der Waals surface area contributed by atoms with Crippen LogP contribution in [0.15, 0.2) is 48.5 Å². The average Bonchev–Trinajstić information content (AvgIpc) is 2.74. The monoisotopic (exact) mass is 279 g/mol. The molecule has 0 aliphatic heterocycles. The second-order valence-corrected chi connectivity index (χ2v) is 5.32. The molecule has 0 aliphatic rings. The van der Waals surface area contributed by atoms with Crippen LogP contribution >= 0.6 is 0 Å². The molecule has 3 aromatic rings. The highest BCUT2D eigenvalue weighted by Crippen LogP contribution is 2.29. The minimum atomic E-state index is -0.876. The predicted molar refractivity (Wildman–Crippen MR) is 83.9 cm³/mol. The van der Waals surface area contributed by atoms with Crippen LogP contribution in [0.4, 0.5) is 0 Å². The third-order valence-electron chi connectivity index (χ3n) is 3.92. The molecule has 3 nitrogen and oxygen atoms in total. The summed E-state index contributed by atoms with van der Waals surface area (Å²) in [6, 6.07) is 15.9. The zero-order chi connectivity index (χ0) is 15.0. The van der Waals surface area contributed by atoms with E-state index in [9.17, 15) is 9.90 Å². The van der Waals surface area contributed by atoms with E-state index in [4.69, 9.17) is 0 Å². The van der Waals surface area contributed by atoms with Gasteiger partial charge in [-0.15, -0.1) is 0 Å². The van der Waals surface area contributed by atoms with Crippen molar-refractivity contribution in [2.75, 3.05) is 0 Å². The van der Waals surface area contributed by atoms with E-state index < -0.39 is 5.97 Å². The number of rotatable bonds is 3. The zero-order valence-electron chi connectivity index (χ0n) is 12.1. The van der Waals surface area contributed by atoms with Crippen LogP contribution in [-0.2, 0) is 6.54 Å². The number of aromatic carboxylic acids is 1. The van der Waals surface area contributed by atoms with Crippen molar-refractivity contribution in [2.24, 2.45) is 0 Å². The lowest BCUT2D eigenvalue weighted by molar-refractivity contribution is 0.0685. The fourth-order valence-corrected chi connectivity index (χ4v) is 2.96. The van der Waals surface area contributed by atoms with Gasteiger partial charge >= 0.3 is 5.97 Å². The number of benzene rings is 2. The largest absolute Gasteiger partial charge is 0.477 e. The fourth-order valence-electron chi connectivity index (χ4n) is 2.96. The number of carboxylic acid groups (broad SMARTS) is 1. The fraction of sp³-hybridized carbons (Fsp3) is 0.167. The van der Waals surface area contributed by atoms with Gasteiger partial charge in [-0.05, 0) is 30.5 Å². The molecule has 3 rings (SSSR count). The number of nitrogens with zero attached hydrogens (tertiary/aromatic N) is 1. The van der Waals surface area contributed by atoms with Crippen molar-refractivity contribution in [2.45, 2.75) is 20.4 Å². The molecule has 3 heteroatoms. The minimum Gasteiger partial charge on any atom is -0.477 e. The summed E-state index contributed by atoms with van der Waals surface area (Å²) < 4.78 is 1.91. The van der Waals surface area contributed by atoms with Crippen molar-refractivity contribution >= 4 is 16.9 Å². The molecular formula is C18H17NO2. The van der Waals surface area contributed by atoms with Gasteiger partial charge in [0.2, 0.25) is 0 Å². The van der Waals surface area contributed by atoms with Crippen LogP contribution in [0, 0.1) is 13.8 Å². The number of carbonyl (C=O) groups is 1. The summed E-state index contributed by atoms with van der Waals surface area (Å²) in [7, 11) is 0. The molecule has 0 bridgehead atoms. The minimum absolute atomic E-state index is 0.378. The highest BCUT2D eigenvalue weighted by molar-refractivity contribution is 5.99. The summed E-state index contributed by atoms with van der Waals surface area (Å²) in [6.45, 7) is 4.47. The van der Waals surface area contributed by atoms with Crippen LogP contribution in [0.2, 0.25) is 0 Å². The van der Waals surface area contributed by atoms with Gasteiger partial charge < -0.3 is 9.67 Å². The molecule has 0 unspecified atom stereocenters.